The van der Waals surface area contributed by atoms with Gasteiger partial charge in [0.2, 0.25) is 0 Å². The smallest absolute Gasteiger partial charge is 0.263 e. The first kappa shape index (κ1) is 4.07. The summed E-state index contributed by atoms with van der Waals surface area (Å²) in [6.07, 6.45) is 0. The molecule has 1 radical (unpaired) electrons. The highest BCUT2D eigenvalue weighted by molar-refractivity contribution is 6.36. The summed E-state index contributed by atoms with van der Waals surface area (Å²) in [7, 11) is 0. The summed E-state index contributed by atoms with van der Waals surface area (Å²) < 4.78 is 0. The first-order valence-electron chi connectivity index (χ1n) is 1.61. The Kier molecular flexibility index (Phi) is 0.694. The van der Waals surface area contributed by atoms with Crippen LogP contribution >= 0.6 is 0 Å². The van der Waals surface area contributed by atoms with Crippen LogP contribution in [0.25, 0.3) is 0 Å². The van der Waals surface area contributed by atoms with Crippen LogP contribution in [0.3, 0.4) is 0 Å². The molecule has 0 aromatic heterocycles. The molecule has 2 N–H and O–H groups in total. The number of carbonyl (C=O) groups is 2. The zero-order valence-corrected chi connectivity index (χ0v) is 3.26. The molecule has 1 aliphatic heterocycles. The molecule has 0 saturated carbocycles. The van der Waals surface area contributed by atoms with Gasteiger partial charge in [-0.1, -0.05) is 0 Å². The lowest BCUT2D eigenvalue weighted by Crippen LogP contribution is -2.27. The highest BCUT2D eigenvalue weighted by Gasteiger charge is 2.20. The van der Waals surface area contributed by atoms with Crippen molar-refractivity contribution in [2.24, 2.45) is 0 Å². The fourth-order valence-corrected chi connectivity index (χ4v) is 0.234. The van der Waals surface area contributed by atoms with Crippen LogP contribution in [-0.2, 0) is 9.59 Å². The molecule has 0 atom stereocenters. The standard InChI is InChI=1S/C2H2N3O2/c6-1-2(7)4-5-3-1/h5H,(H,3,6). The molecule has 5 heteroatoms. The van der Waals surface area contributed by atoms with E-state index in [-0.39, 0.29) is 0 Å². The summed E-state index contributed by atoms with van der Waals surface area (Å²) in [5, 5.41) is 0. The van der Waals surface area contributed by atoms with Crippen molar-refractivity contribution >= 4 is 11.8 Å². The summed E-state index contributed by atoms with van der Waals surface area (Å²) in [5.74, 6) is -1.49. The topological polar surface area (TPSA) is 72.3 Å². The normalized spacial score (nSPS) is 18.9. The van der Waals surface area contributed by atoms with Gasteiger partial charge in [0, 0.05) is 0 Å². The van der Waals surface area contributed by atoms with Gasteiger partial charge in [0.1, 0.15) is 0 Å². The molecule has 37 valence electrons. The van der Waals surface area contributed by atoms with Gasteiger partial charge in [0.15, 0.2) is 0 Å². The first-order valence-corrected chi connectivity index (χ1v) is 1.61. The second-order valence-corrected chi connectivity index (χ2v) is 0.983. The van der Waals surface area contributed by atoms with Crippen LogP contribution in [0.1, 0.15) is 0 Å². The fourth-order valence-electron chi connectivity index (χ4n) is 0.234. The molecule has 1 heterocycles. The van der Waals surface area contributed by atoms with E-state index < -0.39 is 11.8 Å². The molecule has 5 nitrogen and oxygen atoms in total. The van der Waals surface area contributed by atoms with Crippen molar-refractivity contribution < 1.29 is 9.59 Å². The summed E-state index contributed by atoms with van der Waals surface area (Å²) >= 11 is 0. The highest BCUT2D eigenvalue weighted by atomic mass is 16.2. The van der Waals surface area contributed by atoms with E-state index in [4.69, 9.17) is 0 Å². The van der Waals surface area contributed by atoms with E-state index in [1.807, 2.05) is 11.0 Å². The Morgan fingerprint density at radius 1 is 1.43 bits per heavy atom. The lowest BCUT2D eigenvalue weighted by molar-refractivity contribution is -0.136. The number of hydrogen-bond acceptors (Lipinski definition) is 3. The van der Waals surface area contributed by atoms with Crippen molar-refractivity contribution in [2.75, 3.05) is 0 Å². The van der Waals surface area contributed by atoms with Crippen LogP contribution in [0.4, 0.5) is 0 Å². The van der Waals surface area contributed by atoms with E-state index in [2.05, 4.69) is 5.43 Å². The predicted octanol–water partition coefficient (Wildman–Crippen LogP) is -2.33. The minimum absolute atomic E-state index is 0.708. The van der Waals surface area contributed by atoms with Crippen LogP contribution in [0, 0.1) is 0 Å². The van der Waals surface area contributed by atoms with Crippen LogP contribution in [0.15, 0.2) is 0 Å². The number of hydrazine groups is 1. The maximum Gasteiger partial charge on any atom is 0.349 e. The van der Waals surface area contributed by atoms with Crippen LogP contribution < -0.4 is 16.4 Å². The number of amides is 2. The molecule has 0 spiro atoms. The van der Waals surface area contributed by atoms with E-state index in [0.29, 0.717) is 0 Å². The van der Waals surface area contributed by atoms with E-state index in [9.17, 15) is 9.59 Å². The van der Waals surface area contributed by atoms with Gasteiger partial charge >= 0.3 is 11.8 Å². The van der Waals surface area contributed by atoms with E-state index in [0.717, 1.165) is 0 Å². The molecule has 1 rings (SSSR count). The maximum atomic E-state index is 9.96. The zero-order valence-electron chi connectivity index (χ0n) is 3.26. The Bertz CT molecular complexity index is 106. The molecule has 0 unspecified atom stereocenters. The van der Waals surface area contributed by atoms with Gasteiger partial charge in [0.25, 0.3) is 0 Å². The van der Waals surface area contributed by atoms with Crippen molar-refractivity contribution in [3.63, 3.8) is 0 Å². The maximum absolute atomic E-state index is 9.96. The monoisotopic (exact) mass is 100 g/mol. The number of nitrogens with one attached hydrogen (secondary N) is 2. The minimum atomic E-state index is -0.778. The van der Waals surface area contributed by atoms with Crippen molar-refractivity contribution in [3.8, 4) is 0 Å². The Morgan fingerprint density at radius 2 is 2.14 bits per heavy atom. The summed E-state index contributed by atoms with van der Waals surface area (Å²) in [6.45, 7) is 0. The second kappa shape index (κ2) is 1.19. The fraction of sp³-hybridized carbons (Fsp3) is 0. The number of hydrogen-bond donors (Lipinski definition) is 2. The Balaban J connectivity index is 2.65. The van der Waals surface area contributed by atoms with Crippen LogP contribution in [0.2, 0.25) is 0 Å². The van der Waals surface area contributed by atoms with Crippen LogP contribution in [0.5, 0.6) is 0 Å². The molecule has 0 aromatic carbocycles. The Hall–Kier alpha value is -1.10. The zero-order chi connectivity index (χ0) is 5.28. The van der Waals surface area contributed by atoms with Crippen molar-refractivity contribution in [1.82, 2.24) is 16.4 Å². The largest absolute Gasteiger partial charge is 0.349 e. The highest BCUT2D eigenvalue weighted by Crippen LogP contribution is 1.69. The van der Waals surface area contributed by atoms with Gasteiger partial charge in [-0.05, 0) is 0 Å². The predicted molar refractivity (Wildman–Crippen MR) is 18.4 cm³/mol. The average Bonchev–Trinajstić information content (AvgIpc) is 1.91. The van der Waals surface area contributed by atoms with Crippen molar-refractivity contribution in [1.29, 1.82) is 0 Å². The lowest BCUT2D eigenvalue weighted by atomic mass is 10.6. The Labute approximate surface area is 39.0 Å². The van der Waals surface area contributed by atoms with E-state index >= 15 is 0 Å². The van der Waals surface area contributed by atoms with Crippen LogP contribution in [-0.4, -0.2) is 11.8 Å². The SMILES string of the molecule is O=C1[N]NNC1=O. The van der Waals surface area contributed by atoms with Gasteiger partial charge in [-0.3, -0.25) is 15.0 Å². The summed E-state index contributed by atoms with van der Waals surface area (Å²) in [4.78, 5) is 19.9. The van der Waals surface area contributed by atoms with E-state index in [1.165, 1.54) is 0 Å². The minimum Gasteiger partial charge on any atom is -0.263 e. The summed E-state index contributed by atoms with van der Waals surface area (Å²) in [6, 6.07) is 0. The summed E-state index contributed by atoms with van der Waals surface area (Å²) in [5.41, 5.74) is 6.93. The molecule has 1 fully saturated rings. The molecular formula is C2H2N3O2. The molecule has 7 heavy (non-hydrogen) atoms. The number of rotatable bonds is 0. The Morgan fingerprint density at radius 3 is 2.29 bits per heavy atom. The molecule has 0 aromatic rings. The van der Waals surface area contributed by atoms with Crippen molar-refractivity contribution in [3.05, 3.63) is 0 Å². The van der Waals surface area contributed by atoms with Gasteiger partial charge in [-0.2, -0.15) is 0 Å². The molecule has 0 aliphatic carbocycles. The van der Waals surface area contributed by atoms with Gasteiger partial charge in [0.05, 0.1) is 0 Å². The van der Waals surface area contributed by atoms with Gasteiger partial charge < -0.3 is 0 Å². The molecule has 1 saturated heterocycles. The third-order valence-electron chi connectivity index (χ3n) is 0.521. The number of nitrogens with zero attached hydrogens (tertiary/aromatic N) is 1. The van der Waals surface area contributed by atoms with Gasteiger partial charge in [-0.15, -0.1) is 11.0 Å². The second-order valence-electron chi connectivity index (χ2n) is 0.983. The number of carbonyl (C=O) groups excluding carboxylic acids is 2. The first-order chi connectivity index (χ1) is 3.30. The van der Waals surface area contributed by atoms with E-state index in [1.54, 1.807) is 0 Å². The molecule has 2 amide bonds. The third-order valence-corrected chi connectivity index (χ3v) is 0.521. The molecular weight excluding hydrogens is 98.0 g/mol. The van der Waals surface area contributed by atoms with Gasteiger partial charge in [-0.25, -0.2) is 0 Å². The molecule has 0 bridgehead atoms. The quantitative estimate of drug-likeness (QED) is 0.335. The average molecular weight is 100 g/mol. The van der Waals surface area contributed by atoms with Crippen molar-refractivity contribution in [2.45, 2.75) is 0 Å². The lowest BCUT2D eigenvalue weighted by Gasteiger charge is -1.78. The third kappa shape index (κ3) is 0.520. The molecule has 1 aliphatic rings.